The maximum atomic E-state index is 12.1. The minimum absolute atomic E-state index is 0.133. The molecular weight excluding hydrogens is 340 g/mol. The van der Waals surface area contributed by atoms with Crippen molar-refractivity contribution >= 4 is 27.4 Å². The van der Waals surface area contributed by atoms with Crippen LogP contribution in [0.4, 0.5) is 0 Å². The van der Waals surface area contributed by atoms with Crippen LogP contribution in [0.15, 0.2) is 42.2 Å². The molecule has 1 rings (SSSR count). The normalized spacial score (nSPS) is 13.7. The number of carbonyl (C=O) groups excluding carboxylic acids is 1. The van der Waals surface area contributed by atoms with Gasteiger partial charge in [0.15, 0.2) is 0 Å². The van der Waals surface area contributed by atoms with E-state index in [1.807, 2.05) is 6.92 Å². The summed E-state index contributed by atoms with van der Waals surface area (Å²) in [5.74, 6) is 1.15. The van der Waals surface area contributed by atoms with Crippen LogP contribution >= 0.6 is 0 Å². The van der Waals surface area contributed by atoms with Crippen LogP contribution in [0.1, 0.15) is 40.5 Å². The van der Waals surface area contributed by atoms with Crippen molar-refractivity contribution in [2.24, 2.45) is 0 Å². The molecule has 1 aromatic rings. The fraction of sp³-hybridized carbons (Fsp3) is 0.571. The largest absolute Gasteiger partial charge is 0.546 e. The van der Waals surface area contributed by atoms with Crippen LogP contribution in [0, 0.1) is 0 Å². The predicted octanol–water partition coefficient (Wildman–Crippen LogP) is 5.88. The summed E-state index contributed by atoms with van der Waals surface area (Å²) in [7, 11) is -3.51. The van der Waals surface area contributed by atoms with Crippen LogP contribution < -0.4 is 5.19 Å². The monoisotopic (exact) mass is 376 g/mol. The highest BCUT2D eigenvalue weighted by atomic mass is 28.4. The van der Waals surface area contributed by atoms with Crippen LogP contribution in [0.25, 0.3) is 0 Å². The van der Waals surface area contributed by atoms with E-state index in [1.165, 1.54) is 5.19 Å². The van der Waals surface area contributed by atoms with E-state index in [4.69, 9.17) is 4.43 Å². The predicted molar refractivity (Wildman–Crippen MR) is 115 cm³/mol. The third kappa shape index (κ3) is 6.59. The van der Waals surface area contributed by atoms with Gasteiger partial charge in [0.25, 0.3) is 0 Å². The third-order valence-corrected chi connectivity index (χ3v) is 12.9. The zero-order valence-electron chi connectivity index (χ0n) is 17.4. The molecule has 0 saturated heterocycles. The number of hydrogen-bond donors (Lipinski definition) is 0. The Hall–Kier alpha value is -1.14. The molecule has 0 bridgehead atoms. The zero-order valence-corrected chi connectivity index (χ0v) is 19.4. The molecule has 0 radical (unpaired) electrons. The minimum atomic E-state index is -1.93. The summed E-state index contributed by atoms with van der Waals surface area (Å²) in [6.07, 6.45) is 3.22. The van der Waals surface area contributed by atoms with Gasteiger partial charge in [0.05, 0.1) is 20.3 Å². The lowest BCUT2D eigenvalue weighted by Gasteiger charge is -2.37. The number of ketones is 1. The fourth-order valence-corrected chi connectivity index (χ4v) is 5.51. The molecule has 0 spiro atoms. The number of rotatable bonds is 8. The first-order valence-corrected chi connectivity index (χ1v) is 15.5. The van der Waals surface area contributed by atoms with Crippen molar-refractivity contribution in [2.75, 3.05) is 0 Å². The molecule has 0 N–H and O–H groups in total. The highest BCUT2D eigenvalue weighted by Crippen LogP contribution is 2.38. The van der Waals surface area contributed by atoms with Crippen molar-refractivity contribution in [3.05, 3.63) is 42.2 Å². The van der Waals surface area contributed by atoms with Gasteiger partial charge in [-0.15, -0.1) is 0 Å². The molecule has 0 heterocycles. The number of allylic oxidation sites excluding steroid dienone is 2. The Morgan fingerprint density at radius 2 is 1.64 bits per heavy atom. The van der Waals surface area contributed by atoms with Gasteiger partial charge in [0.2, 0.25) is 8.32 Å². The Kier molecular flexibility index (Phi) is 7.45. The first-order valence-electron chi connectivity index (χ1n) is 9.34. The molecule has 0 amide bonds. The minimum Gasteiger partial charge on any atom is -0.546 e. The standard InChI is InChI=1S/C21H36O2Si2/c1-9-18(22)17-19(23-25(7,8)21(2,3)4)15-16-24(5,6)20-13-11-10-12-14-20/h10-15H,9,16-17H2,1-8H3/b19-15+. The molecule has 0 saturated carbocycles. The fourth-order valence-electron chi connectivity index (χ4n) is 2.33. The molecule has 0 aromatic heterocycles. The van der Waals surface area contributed by atoms with E-state index >= 15 is 0 Å². The topological polar surface area (TPSA) is 26.3 Å². The van der Waals surface area contributed by atoms with Gasteiger partial charge in [-0.3, -0.25) is 4.79 Å². The summed E-state index contributed by atoms with van der Waals surface area (Å²) in [6.45, 7) is 17.9. The molecule has 0 fully saturated rings. The van der Waals surface area contributed by atoms with Crippen molar-refractivity contribution in [2.45, 2.75) is 77.8 Å². The molecule has 1 aromatic carbocycles. The van der Waals surface area contributed by atoms with Gasteiger partial charge in [0, 0.05) is 6.42 Å². The van der Waals surface area contributed by atoms with E-state index in [9.17, 15) is 4.79 Å². The summed E-state index contributed by atoms with van der Waals surface area (Å²) in [6, 6.07) is 11.7. The number of carbonyl (C=O) groups is 1. The zero-order chi connectivity index (χ0) is 19.3. The van der Waals surface area contributed by atoms with Crippen LogP contribution in [0.5, 0.6) is 0 Å². The Bertz CT molecular complexity index is 596. The number of hydrogen-bond acceptors (Lipinski definition) is 2. The number of Topliss-reactive ketones (excluding diaryl/α,β-unsaturated/α-hetero) is 1. The molecule has 0 aliphatic carbocycles. The van der Waals surface area contributed by atoms with Gasteiger partial charge in [-0.05, 0) is 24.2 Å². The third-order valence-electron chi connectivity index (χ3n) is 5.35. The first kappa shape index (κ1) is 21.9. The quantitative estimate of drug-likeness (QED) is 0.418. The Labute approximate surface area is 156 Å². The second-order valence-electron chi connectivity index (χ2n) is 9.06. The second-order valence-corrected chi connectivity index (χ2v) is 18.5. The van der Waals surface area contributed by atoms with Crippen molar-refractivity contribution in [1.29, 1.82) is 0 Å². The van der Waals surface area contributed by atoms with Crippen LogP contribution in [0.2, 0.25) is 37.3 Å². The van der Waals surface area contributed by atoms with Crippen LogP contribution in [-0.2, 0) is 9.22 Å². The summed E-state index contributed by atoms with van der Waals surface area (Å²) in [4.78, 5) is 12.1. The van der Waals surface area contributed by atoms with Gasteiger partial charge in [-0.2, -0.15) is 0 Å². The molecular formula is C21H36O2Si2. The highest BCUT2D eigenvalue weighted by Gasteiger charge is 2.39. The van der Waals surface area contributed by atoms with Gasteiger partial charge in [-0.25, -0.2) is 0 Å². The van der Waals surface area contributed by atoms with E-state index in [2.05, 4.69) is 83.4 Å². The van der Waals surface area contributed by atoms with Crippen LogP contribution in [-0.4, -0.2) is 22.2 Å². The molecule has 4 heteroatoms. The molecule has 0 aliphatic heterocycles. The Balaban J connectivity index is 3.03. The molecule has 2 nitrogen and oxygen atoms in total. The van der Waals surface area contributed by atoms with Gasteiger partial charge < -0.3 is 4.43 Å². The van der Waals surface area contributed by atoms with Gasteiger partial charge in [0.1, 0.15) is 5.78 Å². The summed E-state index contributed by atoms with van der Waals surface area (Å²) in [5.41, 5.74) is 0. The molecule has 25 heavy (non-hydrogen) atoms. The summed E-state index contributed by atoms with van der Waals surface area (Å²) in [5, 5.41) is 1.58. The molecule has 0 atom stereocenters. The van der Waals surface area contributed by atoms with E-state index in [1.54, 1.807) is 0 Å². The van der Waals surface area contributed by atoms with E-state index in [-0.39, 0.29) is 10.8 Å². The maximum Gasteiger partial charge on any atom is 0.250 e. The van der Waals surface area contributed by atoms with Crippen molar-refractivity contribution in [1.82, 2.24) is 0 Å². The van der Waals surface area contributed by atoms with Crippen molar-refractivity contribution in [3.63, 3.8) is 0 Å². The summed E-state index contributed by atoms with van der Waals surface area (Å²) >= 11 is 0. The lowest BCUT2D eigenvalue weighted by Crippen LogP contribution is -2.42. The lowest BCUT2D eigenvalue weighted by atomic mass is 10.2. The maximum absolute atomic E-state index is 12.1. The van der Waals surface area contributed by atoms with E-state index in [0.29, 0.717) is 12.8 Å². The molecule has 0 aliphatic rings. The van der Waals surface area contributed by atoms with E-state index < -0.39 is 16.4 Å². The second kappa shape index (κ2) is 8.50. The highest BCUT2D eigenvalue weighted by molar-refractivity contribution is 6.90. The van der Waals surface area contributed by atoms with Crippen molar-refractivity contribution < 1.29 is 9.22 Å². The first-order chi connectivity index (χ1) is 11.4. The average molecular weight is 377 g/mol. The smallest absolute Gasteiger partial charge is 0.250 e. The molecule has 140 valence electrons. The molecule has 0 unspecified atom stereocenters. The number of benzene rings is 1. The average Bonchev–Trinajstić information content (AvgIpc) is 2.52. The lowest BCUT2D eigenvalue weighted by molar-refractivity contribution is -0.118. The Morgan fingerprint density at radius 3 is 2.12 bits per heavy atom. The van der Waals surface area contributed by atoms with Crippen LogP contribution in [0.3, 0.4) is 0 Å². The van der Waals surface area contributed by atoms with E-state index in [0.717, 1.165) is 11.8 Å². The summed E-state index contributed by atoms with van der Waals surface area (Å²) < 4.78 is 6.51. The SMILES string of the molecule is CCC(=O)C/C(=C\C[Si](C)(C)c1ccccc1)O[Si](C)(C)C(C)(C)C. The Morgan fingerprint density at radius 1 is 1.08 bits per heavy atom. The van der Waals surface area contributed by atoms with Gasteiger partial charge in [-0.1, -0.05) is 82.4 Å². The van der Waals surface area contributed by atoms with Gasteiger partial charge >= 0.3 is 0 Å². The van der Waals surface area contributed by atoms with Crippen molar-refractivity contribution in [3.8, 4) is 0 Å².